The van der Waals surface area contributed by atoms with Crippen LogP contribution in [0, 0.1) is 0 Å². The van der Waals surface area contributed by atoms with Gasteiger partial charge in [-0.2, -0.15) is 5.10 Å². The molecule has 0 aliphatic rings. The van der Waals surface area contributed by atoms with Crippen LogP contribution in [0.5, 0.6) is 11.5 Å². The minimum Gasteiger partial charge on any atom is -0.490 e. The van der Waals surface area contributed by atoms with Gasteiger partial charge < -0.3 is 14.8 Å². The SMILES string of the molecule is CCOc1ccc(CNC(=O)C(C)n2cc(Cl)cn2)cc1OCC. The summed E-state index contributed by atoms with van der Waals surface area (Å²) in [5.74, 6) is 1.24. The van der Waals surface area contributed by atoms with Gasteiger partial charge in [0.15, 0.2) is 11.5 Å². The van der Waals surface area contributed by atoms with Crippen molar-refractivity contribution >= 4 is 17.5 Å². The van der Waals surface area contributed by atoms with Gasteiger partial charge in [0.25, 0.3) is 0 Å². The summed E-state index contributed by atoms with van der Waals surface area (Å²) < 4.78 is 12.7. The number of rotatable bonds is 8. The second-order valence-corrected chi connectivity index (χ2v) is 5.62. The quantitative estimate of drug-likeness (QED) is 0.793. The maximum Gasteiger partial charge on any atom is 0.244 e. The lowest BCUT2D eigenvalue weighted by Gasteiger charge is -2.15. The average Bonchev–Trinajstić information content (AvgIpc) is 3.01. The van der Waals surface area contributed by atoms with Gasteiger partial charge in [-0.05, 0) is 38.5 Å². The summed E-state index contributed by atoms with van der Waals surface area (Å²) in [7, 11) is 0. The summed E-state index contributed by atoms with van der Waals surface area (Å²) in [5.41, 5.74) is 0.931. The molecule has 2 aromatic rings. The molecule has 7 heteroatoms. The Kier molecular flexibility index (Phi) is 6.49. The number of nitrogens with zero attached hydrogens (tertiary/aromatic N) is 2. The van der Waals surface area contributed by atoms with E-state index in [4.69, 9.17) is 21.1 Å². The largest absolute Gasteiger partial charge is 0.490 e. The number of hydrogen-bond acceptors (Lipinski definition) is 4. The molecule has 6 nitrogen and oxygen atoms in total. The van der Waals surface area contributed by atoms with Crippen molar-refractivity contribution in [1.82, 2.24) is 15.1 Å². The Morgan fingerprint density at radius 3 is 2.62 bits per heavy atom. The molecule has 1 aromatic carbocycles. The van der Waals surface area contributed by atoms with Gasteiger partial charge in [0, 0.05) is 12.7 Å². The molecule has 0 aliphatic carbocycles. The molecule has 0 radical (unpaired) electrons. The van der Waals surface area contributed by atoms with E-state index < -0.39 is 6.04 Å². The molecule has 0 fully saturated rings. The van der Waals surface area contributed by atoms with Gasteiger partial charge in [-0.25, -0.2) is 0 Å². The second kappa shape index (κ2) is 8.59. The van der Waals surface area contributed by atoms with Crippen LogP contribution in [-0.2, 0) is 11.3 Å². The van der Waals surface area contributed by atoms with Crippen molar-refractivity contribution in [2.24, 2.45) is 0 Å². The van der Waals surface area contributed by atoms with Crippen LogP contribution in [0.4, 0.5) is 0 Å². The molecular weight excluding hydrogens is 330 g/mol. The van der Waals surface area contributed by atoms with Crippen molar-refractivity contribution in [3.8, 4) is 11.5 Å². The predicted molar refractivity (Wildman–Crippen MR) is 92.6 cm³/mol. The highest BCUT2D eigenvalue weighted by molar-refractivity contribution is 6.30. The third-order valence-corrected chi connectivity index (χ3v) is 3.62. The molecule has 1 aromatic heterocycles. The number of halogens is 1. The maximum absolute atomic E-state index is 12.2. The molecule has 1 amide bonds. The van der Waals surface area contributed by atoms with E-state index in [2.05, 4.69) is 10.4 Å². The highest BCUT2D eigenvalue weighted by Crippen LogP contribution is 2.28. The summed E-state index contributed by atoms with van der Waals surface area (Å²) in [6.07, 6.45) is 3.13. The first-order chi connectivity index (χ1) is 11.5. The highest BCUT2D eigenvalue weighted by Gasteiger charge is 2.16. The molecule has 0 saturated heterocycles. The van der Waals surface area contributed by atoms with E-state index in [0.717, 1.165) is 5.56 Å². The summed E-state index contributed by atoms with van der Waals surface area (Å²) in [6.45, 7) is 7.12. The van der Waals surface area contributed by atoms with Crippen LogP contribution in [0.25, 0.3) is 0 Å². The number of nitrogens with one attached hydrogen (secondary N) is 1. The minimum absolute atomic E-state index is 0.137. The van der Waals surface area contributed by atoms with E-state index in [9.17, 15) is 4.79 Å². The fourth-order valence-electron chi connectivity index (χ4n) is 2.19. The fraction of sp³-hybridized carbons (Fsp3) is 0.412. The molecule has 1 unspecified atom stereocenters. The zero-order chi connectivity index (χ0) is 17.5. The molecule has 0 bridgehead atoms. The molecule has 0 saturated carbocycles. The van der Waals surface area contributed by atoms with Crippen LogP contribution in [0.2, 0.25) is 5.02 Å². The first kappa shape index (κ1) is 18.1. The van der Waals surface area contributed by atoms with Gasteiger partial charge in [0.1, 0.15) is 6.04 Å². The van der Waals surface area contributed by atoms with E-state index in [-0.39, 0.29) is 5.91 Å². The Morgan fingerprint density at radius 2 is 2.00 bits per heavy atom. The van der Waals surface area contributed by atoms with Crippen molar-refractivity contribution in [3.05, 3.63) is 41.2 Å². The molecule has 1 N–H and O–H groups in total. The van der Waals surface area contributed by atoms with Gasteiger partial charge in [-0.15, -0.1) is 0 Å². The standard InChI is InChI=1S/C17H22ClN3O3/c1-4-23-15-7-6-13(8-16(15)24-5-2)9-19-17(22)12(3)21-11-14(18)10-20-21/h6-8,10-12H,4-5,9H2,1-3H3,(H,19,22). The van der Waals surface area contributed by atoms with Crippen molar-refractivity contribution in [3.63, 3.8) is 0 Å². The Morgan fingerprint density at radius 1 is 1.29 bits per heavy atom. The van der Waals surface area contributed by atoms with Crippen molar-refractivity contribution in [2.45, 2.75) is 33.4 Å². The Balaban J connectivity index is 2.00. The van der Waals surface area contributed by atoms with Gasteiger partial charge >= 0.3 is 0 Å². The van der Waals surface area contributed by atoms with Gasteiger partial charge in [-0.1, -0.05) is 17.7 Å². The van der Waals surface area contributed by atoms with Crippen LogP contribution >= 0.6 is 11.6 Å². The lowest BCUT2D eigenvalue weighted by Crippen LogP contribution is -2.30. The highest BCUT2D eigenvalue weighted by atomic mass is 35.5. The van der Waals surface area contributed by atoms with Crippen molar-refractivity contribution < 1.29 is 14.3 Å². The lowest BCUT2D eigenvalue weighted by atomic mass is 10.2. The van der Waals surface area contributed by atoms with E-state index >= 15 is 0 Å². The lowest BCUT2D eigenvalue weighted by molar-refractivity contribution is -0.124. The molecule has 1 atom stereocenters. The summed E-state index contributed by atoms with van der Waals surface area (Å²) >= 11 is 5.83. The number of ether oxygens (including phenoxy) is 2. The van der Waals surface area contributed by atoms with Gasteiger partial charge in [-0.3, -0.25) is 9.48 Å². The predicted octanol–water partition coefficient (Wildman–Crippen LogP) is 3.21. The second-order valence-electron chi connectivity index (χ2n) is 5.18. The Bertz CT molecular complexity index is 687. The monoisotopic (exact) mass is 351 g/mol. The molecule has 0 spiro atoms. The first-order valence-corrected chi connectivity index (χ1v) is 8.28. The van der Waals surface area contributed by atoms with Crippen molar-refractivity contribution in [1.29, 1.82) is 0 Å². The summed E-state index contributed by atoms with van der Waals surface area (Å²) in [5, 5.41) is 7.44. The Hall–Kier alpha value is -2.21. The topological polar surface area (TPSA) is 65.4 Å². The number of hydrogen-bond donors (Lipinski definition) is 1. The van der Waals surface area contributed by atoms with E-state index in [1.54, 1.807) is 13.1 Å². The average molecular weight is 352 g/mol. The van der Waals surface area contributed by atoms with Crippen molar-refractivity contribution in [2.75, 3.05) is 13.2 Å². The van der Waals surface area contributed by atoms with E-state index in [0.29, 0.717) is 36.3 Å². The number of aromatic nitrogens is 2. The van der Waals surface area contributed by atoms with Crippen LogP contribution < -0.4 is 14.8 Å². The number of amides is 1. The smallest absolute Gasteiger partial charge is 0.244 e. The maximum atomic E-state index is 12.2. The third-order valence-electron chi connectivity index (χ3n) is 3.42. The number of carbonyl (C=O) groups excluding carboxylic acids is 1. The summed E-state index contributed by atoms with van der Waals surface area (Å²) in [4.78, 5) is 12.2. The third kappa shape index (κ3) is 4.64. The zero-order valence-corrected chi connectivity index (χ0v) is 14.8. The normalized spacial score (nSPS) is 11.8. The fourth-order valence-corrected chi connectivity index (χ4v) is 2.33. The molecular formula is C17H22ClN3O3. The van der Waals surface area contributed by atoms with Crippen LogP contribution in [0.15, 0.2) is 30.6 Å². The molecule has 24 heavy (non-hydrogen) atoms. The van der Waals surface area contributed by atoms with Crippen LogP contribution in [-0.4, -0.2) is 28.9 Å². The Labute approximate surface area is 146 Å². The number of carbonyl (C=O) groups is 1. The van der Waals surface area contributed by atoms with Gasteiger partial charge in [0.2, 0.25) is 5.91 Å². The molecule has 130 valence electrons. The van der Waals surface area contributed by atoms with Crippen LogP contribution in [0.3, 0.4) is 0 Å². The number of benzene rings is 1. The summed E-state index contributed by atoms with van der Waals surface area (Å²) in [6, 6.07) is 5.20. The minimum atomic E-state index is -0.438. The molecule has 0 aliphatic heterocycles. The first-order valence-electron chi connectivity index (χ1n) is 7.91. The van der Waals surface area contributed by atoms with Crippen LogP contribution in [0.1, 0.15) is 32.4 Å². The van der Waals surface area contributed by atoms with E-state index in [1.807, 2.05) is 32.0 Å². The van der Waals surface area contributed by atoms with Gasteiger partial charge in [0.05, 0.1) is 24.4 Å². The van der Waals surface area contributed by atoms with E-state index in [1.165, 1.54) is 10.9 Å². The molecule has 2 rings (SSSR count). The molecule has 1 heterocycles. The zero-order valence-electron chi connectivity index (χ0n) is 14.1.